The lowest BCUT2D eigenvalue weighted by molar-refractivity contribution is 0.0576. The minimum Gasteiger partial charge on any atom is -0.443 e. The Morgan fingerprint density at radius 2 is 2.15 bits per heavy atom. The largest absolute Gasteiger partial charge is 0.443 e. The van der Waals surface area contributed by atoms with Crippen molar-refractivity contribution in [3.05, 3.63) is 40.3 Å². The van der Waals surface area contributed by atoms with Crippen molar-refractivity contribution in [3.8, 4) is 0 Å². The molecule has 0 aromatic heterocycles. The lowest BCUT2D eigenvalue weighted by atomic mass is 9.97. The van der Waals surface area contributed by atoms with E-state index >= 15 is 0 Å². The van der Waals surface area contributed by atoms with Crippen molar-refractivity contribution in [2.75, 3.05) is 11.4 Å². The number of hydrogen-bond donors (Lipinski definition) is 0. The van der Waals surface area contributed by atoms with Gasteiger partial charge in [-0.15, -0.1) is 0 Å². The van der Waals surface area contributed by atoms with Gasteiger partial charge in [0.05, 0.1) is 11.7 Å². The molecule has 0 bridgehead atoms. The van der Waals surface area contributed by atoms with E-state index in [0.29, 0.717) is 13.0 Å². The van der Waals surface area contributed by atoms with E-state index in [1.165, 1.54) is 0 Å². The van der Waals surface area contributed by atoms with Crippen molar-refractivity contribution in [1.82, 2.24) is 0 Å². The lowest BCUT2D eigenvalue weighted by Gasteiger charge is -2.33. The second-order valence-electron chi connectivity index (χ2n) is 5.70. The fourth-order valence-corrected chi connectivity index (χ4v) is 2.23. The molecule has 1 aliphatic heterocycles. The Hall–Kier alpha value is -2.20. The summed E-state index contributed by atoms with van der Waals surface area (Å²) in [7, 11) is 0. The molecule has 6 nitrogen and oxygen atoms in total. The van der Waals surface area contributed by atoms with Crippen molar-refractivity contribution in [2.45, 2.75) is 38.8 Å². The monoisotopic (exact) mass is 274 g/mol. The molecular formula is C14H18N4O2. The zero-order valence-electron chi connectivity index (χ0n) is 11.9. The SMILES string of the molecule is CC(C)(C)OC(=O)N1CCC(N=[N+]=[N-])c2ccccc21. The predicted octanol–water partition coefficient (Wildman–Crippen LogP) is 4.18. The molecule has 1 atom stereocenters. The molecule has 20 heavy (non-hydrogen) atoms. The molecular weight excluding hydrogens is 256 g/mol. The quantitative estimate of drug-likeness (QED) is 0.437. The highest BCUT2D eigenvalue weighted by atomic mass is 16.6. The number of azide groups is 1. The van der Waals surface area contributed by atoms with Crippen molar-refractivity contribution in [3.63, 3.8) is 0 Å². The third-order valence-corrected chi connectivity index (χ3v) is 3.02. The molecule has 1 heterocycles. The van der Waals surface area contributed by atoms with Crippen LogP contribution in [0.1, 0.15) is 38.8 Å². The molecule has 106 valence electrons. The summed E-state index contributed by atoms with van der Waals surface area (Å²) in [5.41, 5.74) is 9.71. The normalized spacial score (nSPS) is 17.9. The molecule has 1 amide bonds. The highest BCUT2D eigenvalue weighted by Crippen LogP contribution is 2.36. The molecule has 1 aromatic rings. The first-order valence-electron chi connectivity index (χ1n) is 6.56. The first-order valence-corrected chi connectivity index (χ1v) is 6.56. The zero-order valence-corrected chi connectivity index (χ0v) is 11.9. The number of carbonyl (C=O) groups is 1. The number of benzene rings is 1. The van der Waals surface area contributed by atoms with E-state index in [-0.39, 0.29) is 12.1 Å². The van der Waals surface area contributed by atoms with Crippen LogP contribution in [0, 0.1) is 0 Å². The van der Waals surface area contributed by atoms with E-state index in [9.17, 15) is 4.79 Å². The lowest BCUT2D eigenvalue weighted by Crippen LogP contribution is -2.40. The summed E-state index contributed by atoms with van der Waals surface area (Å²) in [6.45, 7) is 5.99. The molecule has 6 heteroatoms. The summed E-state index contributed by atoms with van der Waals surface area (Å²) in [5.74, 6) is 0. The predicted molar refractivity (Wildman–Crippen MR) is 76.5 cm³/mol. The summed E-state index contributed by atoms with van der Waals surface area (Å²) < 4.78 is 5.41. The van der Waals surface area contributed by atoms with Gasteiger partial charge in [-0.3, -0.25) is 4.90 Å². The average molecular weight is 274 g/mol. The van der Waals surface area contributed by atoms with E-state index in [4.69, 9.17) is 10.3 Å². The summed E-state index contributed by atoms with van der Waals surface area (Å²) in [4.78, 5) is 16.7. The topological polar surface area (TPSA) is 78.3 Å². The molecule has 0 radical (unpaired) electrons. The van der Waals surface area contributed by atoms with Gasteiger partial charge in [0, 0.05) is 11.5 Å². The maximum absolute atomic E-state index is 12.2. The first-order chi connectivity index (χ1) is 9.42. The van der Waals surface area contributed by atoms with Gasteiger partial charge in [-0.2, -0.15) is 0 Å². The molecule has 1 unspecified atom stereocenters. The van der Waals surface area contributed by atoms with Crippen LogP contribution in [0.5, 0.6) is 0 Å². The van der Waals surface area contributed by atoms with E-state index in [0.717, 1.165) is 11.3 Å². The van der Waals surface area contributed by atoms with Crippen LogP contribution < -0.4 is 4.90 Å². The average Bonchev–Trinajstić information content (AvgIpc) is 2.37. The van der Waals surface area contributed by atoms with Crippen LogP contribution in [0.2, 0.25) is 0 Å². The molecule has 0 spiro atoms. The van der Waals surface area contributed by atoms with E-state index in [2.05, 4.69) is 10.0 Å². The molecule has 0 fully saturated rings. The number of nitrogens with zero attached hydrogens (tertiary/aromatic N) is 4. The van der Waals surface area contributed by atoms with Crippen LogP contribution in [0.15, 0.2) is 29.4 Å². The van der Waals surface area contributed by atoms with E-state index < -0.39 is 5.60 Å². The third-order valence-electron chi connectivity index (χ3n) is 3.02. The number of hydrogen-bond acceptors (Lipinski definition) is 3. The first kappa shape index (κ1) is 14.2. The minimum atomic E-state index is -0.534. The number of para-hydroxylation sites is 1. The number of rotatable bonds is 1. The summed E-state index contributed by atoms with van der Waals surface area (Å²) in [6, 6.07) is 7.23. The van der Waals surface area contributed by atoms with Crippen LogP contribution in [0.4, 0.5) is 10.5 Å². The fraction of sp³-hybridized carbons (Fsp3) is 0.500. The Kier molecular flexibility index (Phi) is 3.86. The maximum Gasteiger partial charge on any atom is 0.414 e. The summed E-state index contributed by atoms with van der Waals surface area (Å²) in [5, 5.41) is 3.80. The van der Waals surface area contributed by atoms with Gasteiger partial charge in [0.25, 0.3) is 0 Å². The van der Waals surface area contributed by atoms with Crippen LogP contribution in [-0.4, -0.2) is 18.2 Å². The second-order valence-corrected chi connectivity index (χ2v) is 5.70. The van der Waals surface area contributed by atoms with Crippen LogP contribution >= 0.6 is 0 Å². The van der Waals surface area contributed by atoms with Gasteiger partial charge in [0.2, 0.25) is 0 Å². The second kappa shape index (κ2) is 5.43. The van der Waals surface area contributed by atoms with Gasteiger partial charge in [-0.05, 0) is 44.4 Å². The number of fused-ring (bicyclic) bond motifs is 1. The maximum atomic E-state index is 12.2. The van der Waals surface area contributed by atoms with Crippen molar-refractivity contribution >= 4 is 11.8 Å². The Morgan fingerprint density at radius 1 is 1.45 bits per heavy atom. The van der Waals surface area contributed by atoms with Crippen molar-refractivity contribution < 1.29 is 9.53 Å². The molecule has 2 rings (SSSR count). The van der Waals surface area contributed by atoms with Crippen molar-refractivity contribution in [1.29, 1.82) is 0 Å². The Morgan fingerprint density at radius 3 is 2.80 bits per heavy atom. The van der Waals surface area contributed by atoms with Gasteiger partial charge in [-0.25, -0.2) is 4.79 Å². The standard InChI is InChI=1S/C14H18N4O2/c1-14(2,3)20-13(19)18-9-8-11(16-17-15)10-6-4-5-7-12(10)18/h4-7,11H,8-9H2,1-3H3. The molecule has 0 N–H and O–H groups in total. The minimum absolute atomic E-state index is 0.227. The summed E-state index contributed by atoms with van der Waals surface area (Å²) in [6.07, 6.45) is 0.227. The summed E-state index contributed by atoms with van der Waals surface area (Å²) >= 11 is 0. The fourth-order valence-electron chi connectivity index (χ4n) is 2.23. The molecule has 1 aromatic carbocycles. The van der Waals surface area contributed by atoms with Crippen LogP contribution in [0.25, 0.3) is 10.4 Å². The number of ether oxygens (including phenoxy) is 1. The van der Waals surface area contributed by atoms with Gasteiger partial charge in [0.15, 0.2) is 0 Å². The van der Waals surface area contributed by atoms with Crippen LogP contribution in [0.3, 0.4) is 0 Å². The molecule has 0 saturated heterocycles. The van der Waals surface area contributed by atoms with E-state index in [1.54, 1.807) is 4.90 Å². The Labute approximate surface area is 118 Å². The van der Waals surface area contributed by atoms with Gasteiger partial charge in [-0.1, -0.05) is 23.3 Å². The van der Waals surface area contributed by atoms with Gasteiger partial charge >= 0.3 is 6.09 Å². The number of carbonyl (C=O) groups excluding carboxylic acids is 1. The number of anilines is 1. The smallest absolute Gasteiger partial charge is 0.414 e. The Balaban J connectivity index is 2.32. The van der Waals surface area contributed by atoms with Crippen LogP contribution in [-0.2, 0) is 4.74 Å². The molecule has 1 aliphatic rings. The highest BCUT2D eigenvalue weighted by Gasteiger charge is 2.30. The number of amides is 1. The highest BCUT2D eigenvalue weighted by molar-refractivity contribution is 5.89. The third kappa shape index (κ3) is 3.03. The zero-order chi connectivity index (χ0) is 14.8. The van der Waals surface area contributed by atoms with Gasteiger partial charge < -0.3 is 4.74 Å². The Bertz CT molecular complexity index is 559. The molecule has 0 aliphatic carbocycles. The molecule has 0 saturated carbocycles. The van der Waals surface area contributed by atoms with Gasteiger partial charge in [0.1, 0.15) is 5.60 Å². The van der Waals surface area contributed by atoms with E-state index in [1.807, 2.05) is 45.0 Å². The van der Waals surface area contributed by atoms with Crippen molar-refractivity contribution in [2.24, 2.45) is 5.11 Å².